The number of rotatable bonds is 1. The molecular formula is C35H22S. The Labute approximate surface area is 213 Å². The molecule has 0 spiro atoms. The van der Waals surface area contributed by atoms with Crippen molar-refractivity contribution in [3.63, 3.8) is 0 Å². The molecule has 1 atom stereocenters. The third-order valence-corrected chi connectivity index (χ3v) is 9.00. The Kier molecular flexibility index (Phi) is 4.12. The van der Waals surface area contributed by atoms with Crippen LogP contribution in [-0.2, 0) is 0 Å². The van der Waals surface area contributed by atoms with Crippen LogP contribution < -0.4 is 0 Å². The zero-order chi connectivity index (χ0) is 23.8. The maximum atomic E-state index is 4.75. The van der Waals surface area contributed by atoms with E-state index in [1.54, 1.807) is 0 Å². The molecule has 1 aliphatic rings. The second-order valence-corrected chi connectivity index (χ2v) is 10.9. The van der Waals surface area contributed by atoms with Gasteiger partial charge in [0.2, 0.25) is 0 Å². The molecule has 0 radical (unpaired) electrons. The molecule has 0 amide bonds. The highest BCUT2D eigenvalue weighted by atomic mass is 32.1. The predicted molar refractivity (Wildman–Crippen MR) is 157 cm³/mol. The quantitative estimate of drug-likeness (QED) is 0.222. The summed E-state index contributed by atoms with van der Waals surface area (Å²) in [6.07, 6.45) is 0. The topological polar surface area (TPSA) is 0 Å². The molecule has 1 unspecified atom stereocenters. The van der Waals surface area contributed by atoms with Gasteiger partial charge in [-0.05, 0) is 67.1 Å². The molecule has 0 saturated heterocycles. The van der Waals surface area contributed by atoms with Crippen LogP contribution in [0, 0.1) is 0 Å². The number of hydrogen-bond acceptors (Lipinski definition) is 1. The lowest BCUT2D eigenvalue weighted by Crippen LogP contribution is -2.12. The molecule has 1 aromatic heterocycles. The smallest absolute Gasteiger partial charge is 0.0362 e. The largest absolute Gasteiger partial charge is 0.135 e. The molecular weight excluding hydrogens is 452 g/mol. The van der Waals surface area contributed by atoms with E-state index in [0.29, 0.717) is 0 Å². The van der Waals surface area contributed by atoms with Crippen molar-refractivity contribution in [3.8, 4) is 11.1 Å². The number of allylic oxidation sites excluding steroid dienone is 1. The molecule has 0 N–H and O–H groups in total. The fourth-order valence-corrected chi connectivity index (χ4v) is 7.38. The fourth-order valence-electron chi connectivity index (χ4n) is 6.26. The first-order chi connectivity index (χ1) is 17.8. The molecule has 0 nitrogen and oxygen atoms in total. The molecule has 1 heteroatoms. The van der Waals surface area contributed by atoms with Crippen LogP contribution in [-0.4, -0.2) is 0 Å². The van der Waals surface area contributed by atoms with E-state index in [0.717, 1.165) is 0 Å². The van der Waals surface area contributed by atoms with Gasteiger partial charge in [-0.15, -0.1) is 11.3 Å². The first-order valence-corrected chi connectivity index (χ1v) is 13.2. The standard InChI is InChI=1S/C35H22S/c1-21-26-18-19-31-34(28-12-6-7-13-30(28)36-31)35(26)33-27-11-5-4-9-23(27)16-17-29(33)32(21)25-15-14-22-8-2-3-10-24(22)20-25/h2-20,32H,1H2. The molecule has 0 fully saturated rings. The van der Waals surface area contributed by atoms with Crippen LogP contribution in [0.3, 0.4) is 0 Å². The highest BCUT2D eigenvalue weighted by molar-refractivity contribution is 7.26. The summed E-state index contributed by atoms with van der Waals surface area (Å²) in [6.45, 7) is 4.75. The Bertz CT molecular complexity index is 2020. The van der Waals surface area contributed by atoms with Crippen molar-refractivity contribution in [2.75, 3.05) is 0 Å². The summed E-state index contributed by atoms with van der Waals surface area (Å²) >= 11 is 1.88. The van der Waals surface area contributed by atoms with E-state index in [1.165, 1.54) is 75.1 Å². The van der Waals surface area contributed by atoms with Crippen LogP contribution in [0.15, 0.2) is 122 Å². The second-order valence-electron chi connectivity index (χ2n) is 9.78. The van der Waals surface area contributed by atoms with E-state index >= 15 is 0 Å². The monoisotopic (exact) mass is 474 g/mol. The maximum Gasteiger partial charge on any atom is 0.0362 e. The molecule has 8 rings (SSSR count). The Balaban J connectivity index is 1.52. The van der Waals surface area contributed by atoms with E-state index in [4.69, 9.17) is 6.58 Å². The van der Waals surface area contributed by atoms with Gasteiger partial charge in [0.05, 0.1) is 0 Å². The first kappa shape index (κ1) is 20.0. The summed E-state index contributed by atoms with van der Waals surface area (Å²) in [5.41, 5.74) is 7.82. The number of hydrogen-bond donors (Lipinski definition) is 0. The van der Waals surface area contributed by atoms with E-state index in [-0.39, 0.29) is 5.92 Å². The van der Waals surface area contributed by atoms with Gasteiger partial charge in [-0.1, -0.05) is 110 Å². The second kappa shape index (κ2) is 7.40. The van der Waals surface area contributed by atoms with Crippen LogP contribution in [0.1, 0.15) is 22.6 Å². The van der Waals surface area contributed by atoms with Crippen molar-refractivity contribution in [1.82, 2.24) is 0 Å². The molecule has 168 valence electrons. The van der Waals surface area contributed by atoms with Crippen LogP contribution in [0.4, 0.5) is 0 Å². The summed E-state index contributed by atoms with van der Waals surface area (Å²) < 4.78 is 2.68. The fraction of sp³-hybridized carbons (Fsp3) is 0.0286. The van der Waals surface area contributed by atoms with Gasteiger partial charge < -0.3 is 0 Å². The van der Waals surface area contributed by atoms with E-state index in [9.17, 15) is 0 Å². The summed E-state index contributed by atoms with van der Waals surface area (Å²) in [5, 5.41) is 7.85. The van der Waals surface area contributed by atoms with Crippen LogP contribution >= 0.6 is 11.3 Å². The molecule has 0 aliphatic heterocycles. The predicted octanol–water partition coefficient (Wildman–Crippen LogP) is 10.2. The third kappa shape index (κ3) is 2.69. The SMILES string of the molecule is C=C1c2ccc3sc4ccccc4c3c2-c2c(ccc3ccccc23)C1c1ccc2ccccc2c1. The van der Waals surface area contributed by atoms with Gasteiger partial charge >= 0.3 is 0 Å². The average molecular weight is 475 g/mol. The molecule has 7 aromatic rings. The first-order valence-electron chi connectivity index (χ1n) is 12.4. The Morgan fingerprint density at radius 3 is 2.17 bits per heavy atom. The van der Waals surface area contributed by atoms with Gasteiger partial charge in [-0.3, -0.25) is 0 Å². The number of fused-ring (bicyclic) bond motifs is 10. The van der Waals surface area contributed by atoms with Gasteiger partial charge in [0, 0.05) is 26.1 Å². The van der Waals surface area contributed by atoms with Crippen molar-refractivity contribution >= 4 is 58.6 Å². The lowest BCUT2D eigenvalue weighted by molar-refractivity contribution is 1.05. The minimum absolute atomic E-state index is 0.115. The molecule has 1 heterocycles. The van der Waals surface area contributed by atoms with Gasteiger partial charge in [-0.25, -0.2) is 0 Å². The molecule has 6 aromatic carbocycles. The van der Waals surface area contributed by atoms with E-state index in [2.05, 4.69) is 115 Å². The van der Waals surface area contributed by atoms with Crippen LogP contribution in [0.5, 0.6) is 0 Å². The summed E-state index contributed by atoms with van der Waals surface area (Å²) in [7, 11) is 0. The van der Waals surface area contributed by atoms with E-state index in [1.807, 2.05) is 11.3 Å². The highest BCUT2D eigenvalue weighted by Crippen LogP contribution is 2.55. The van der Waals surface area contributed by atoms with Gasteiger partial charge in [0.1, 0.15) is 0 Å². The maximum absolute atomic E-state index is 4.75. The Hall–Kier alpha value is -4.20. The lowest BCUT2D eigenvalue weighted by atomic mass is 9.70. The Morgan fingerprint density at radius 1 is 0.556 bits per heavy atom. The van der Waals surface area contributed by atoms with Crippen molar-refractivity contribution in [1.29, 1.82) is 0 Å². The number of thiophene rings is 1. The minimum atomic E-state index is 0.115. The van der Waals surface area contributed by atoms with Crippen molar-refractivity contribution in [2.24, 2.45) is 0 Å². The molecule has 0 bridgehead atoms. The zero-order valence-corrected chi connectivity index (χ0v) is 20.5. The van der Waals surface area contributed by atoms with Gasteiger partial charge in [-0.2, -0.15) is 0 Å². The normalized spacial score (nSPS) is 15.0. The average Bonchev–Trinajstić information content (AvgIpc) is 3.31. The lowest BCUT2D eigenvalue weighted by Gasteiger charge is -2.32. The summed E-state index contributed by atoms with van der Waals surface area (Å²) in [4.78, 5) is 0. The minimum Gasteiger partial charge on any atom is -0.135 e. The van der Waals surface area contributed by atoms with Gasteiger partial charge in [0.25, 0.3) is 0 Å². The number of benzene rings is 6. The van der Waals surface area contributed by atoms with Crippen molar-refractivity contribution < 1.29 is 0 Å². The summed E-state index contributed by atoms with van der Waals surface area (Å²) in [5.74, 6) is 0.115. The Morgan fingerprint density at radius 2 is 1.28 bits per heavy atom. The molecule has 1 aliphatic carbocycles. The van der Waals surface area contributed by atoms with Crippen LogP contribution in [0.25, 0.3) is 58.4 Å². The van der Waals surface area contributed by atoms with Crippen molar-refractivity contribution in [2.45, 2.75) is 5.92 Å². The van der Waals surface area contributed by atoms with E-state index < -0.39 is 0 Å². The third-order valence-electron chi connectivity index (χ3n) is 7.87. The van der Waals surface area contributed by atoms with Crippen LogP contribution in [0.2, 0.25) is 0 Å². The van der Waals surface area contributed by atoms with Gasteiger partial charge in [0.15, 0.2) is 0 Å². The molecule has 0 saturated carbocycles. The summed E-state index contributed by atoms with van der Waals surface area (Å²) in [6, 6.07) is 42.4. The highest BCUT2D eigenvalue weighted by Gasteiger charge is 2.32. The molecule has 36 heavy (non-hydrogen) atoms. The zero-order valence-electron chi connectivity index (χ0n) is 19.7. The van der Waals surface area contributed by atoms with Crippen molar-refractivity contribution in [3.05, 3.63) is 139 Å².